The van der Waals surface area contributed by atoms with Gasteiger partial charge in [-0.15, -0.1) is 0 Å². The predicted octanol–water partition coefficient (Wildman–Crippen LogP) is 0.512. The molecule has 0 bridgehead atoms. The van der Waals surface area contributed by atoms with E-state index < -0.39 is 11.9 Å². The summed E-state index contributed by atoms with van der Waals surface area (Å²) >= 11 is 0. The second-order valence-corrected chi connectivity index (χ2v) is 3.35. The summed E-state index contributed by atoms with van der Waals surface area (Å²) in [6.07, 6.45) is 3.41. The van der Waals surface area contributed by atoms with E-state index in [1.54, 1.807) is 0 Å². The highest BCUT2D eigenvalue weighted by atomic mass is 16.5. The zero-order valence-corrected chi connectivity index (χ0v) is 9.10. The molecule has 0 saturated heterocycles. The molecule has 0 rings (SSSR count). The van der Waals surface area contributed by atoms with Crippen LogP contribution in [-0.4, -0.2) is 49.2 Å². The van der Waals surface area contributed by atoms with Crippen LogP contribution in [-0.2, 0) is 14.3 Å². The normalized spacial score (nSPS) is 10.9. The molecule has 0 saturated carbocycles. The topological polar surface area (TPSA) is 66.8 Å². The standard InChI is InChI=1S/C10H17NO4/c1-11(2)7-3-4-8-15-10(14)6-5-9(12)13/h5-6H,3-4,7-8H2,1-2H3,(H,12,13)/b6-5-. The van der Waals surface area contributed by atoms with E-state index in [4.69, 9.17) is 9.84 Å². The monoisotopic (exact) mass is 215 g/mol. The van der Waals surface area contributed by atoms with Gasteiger partial charge in [0.05, 0.1) is 6.61 Å². The maximum atomic E-state index is 10.9. The van der Waals surface area contributed by atoms with Crippen molar-refractivity contribution in [3.05, 3.63) is 12.2 Å². The van der Waals surface area contributed by atoms with E-state index in [0.717, 1.165) is 31.5 Å². The number of carbonyl (C=O) groups is 2. The number of nitrogens with zero attached hydrogens (tertiary/aromatic N) is 1. The van der Waals surface area contributed by atoms with Crippen LogP contribution in [0.4, 0.5) is 0 Å². The van der Waals surface area contributed by atoms with Crippen LogP contribution in [0.2, 0.25) is 0 Å². The summed E-state index contributed by atoms with van der Waals surface area (Å²) in [5.74, 6) is -1.76. The minimum Gasteiger partial charge on any atom is -0.478 e. The van der Waals surface area contributed by atoms with E-state index in [1.165, 1.54) is 0 Å². The van der Waals surface area contributed by atoms with Crippen molar-refractivity contribution in [2.24, 2.45) is 0 Å². The largest absolute Gasteiger partial charge is 0.478 e. The maximum absolute atomic E-state index is 10.9. The Bertz CT molecular complexity index is 236. The first kappa shape index (κ1) is 13.6. The summed E-state index contributed by atoms with van der Waals surface area (Å²) in [5.41, 5.74) is 0. The van der Waals surface area contributed by atoms with Crippen molar-refractivity contribution in [1.82, 2.24) is 4.90 Å². The Morgan fingerprint density at radius 1 is 1.27 bits per heavy atom. The minimum atomic E-state index is -1.15. The average molecular weight is 215 g/mol. The molecular weight excluding hydrogens is 198 g/mol. The third-order valence-electron chi connectivity index (χ3n) is 1.61. The van der Waals surface area contributed by atoms with Crippen molar-refractivity contribution >= 4 is 11.9 Å². The first-order valence-corrected chi connectivity index (χ1v) is 4.75. The first-order chi connectivity index (χ1) is 7.02. The lowest BCUT2D eigenvalue weighted by Gasteiger charge is -2.08. The molecule has 0 aromatic heterocycles. The first-order valence-electron chi connectivity index (χ1n) is 4.75. The van der Waals surface area contributed by atoms with Gasteiger partial charge in [0, 0.05) is 12.2 Å². The summed E-state index contributed by atoms with van der Waals surface area (Å²) < 4.78 is 4.77. The molecule has 0 aliphatic heterocycles. The van der Waals surface area contributed by atoms with Crippen LogP contribution in [0.15, 0.2) is 12.2 Å². The molecule has 1 N–H and O–H groups in total. The smallest absolute Gasteiger partial charge is 0.331 e. The SMILES string of the molecule is CN(C)CCCCOC(=O)/C=C\C(=O)O. The summed E-state index contributed by atoms with van der Waals surface area (Å²) in [7, 11) is 3.95. The summed E-state index contributed by atoms with van der Waals surface area (Å²) in [4.78, 5) is 23.0. The molecule has 0 spiro atoms. The summed E-state index contributed by atoms with van der Waals surface area (Å²) in [5, 5.41) is 8.23. The molecule has 5 nitrogen and oxygen atoms in total. The molecule has 0 heterocycles. The lowest BCUT2D eigenvalue weighted by atomic mass is 10.3. The van der Waals surface area contributed by atoms with Gasteiger partial charge < -0.3 is 14.7 Å². The predicted molar refractivity (Wildman–Crippen MR) is 55.5 cm³/mol. The van der Waals surface area contributed by atoms with Crippen LogP contribution in [0, 0.1) is 0 Å². The fraction of sp³-hybridized carbons (Fsp3) is 0.600. The summed E-state index contributed by atoms with van der Waals surface area (Å²) in [6.45, 7) is 1.28. The van der Waals surface area contributed by atoms with E-state index in [2.05, 4.69) is 0 Å². The number of carboxylic acid groups (broad SMARTS) is 1. The molecule has 0 aromatic rings. The molecule has 0 unspecified atom stereocenters. The highest BCUT2D eigenvalue weighted by Gasteiger charge is 1.98. The molecule has 0 aliphatic carbocycles. The number of carbonyl (C=O) groups excluding carboxylic acids is 1. The van der Waals surface area contributed by atoms with Gasteiger partial charge in [0.15, 0.2) is 0 Å². The third kappa shape index (κ3) is 10.6. The third-order valence-corrected chi connectivity index (χ3v) is 1.61. The number of unbranched alkanes of at least 4 members (excludes halogenated alkanes) is 1. The van der Waals surface area contributed by atoms with E-state index in [-0.39, 0.29) is 0 Å². The Balaban J connectivity index is 3.43. The second kappa shape index (κ2) is 7.99. The number of hydrogen-bond donors (Lipinski definition) is 1. The van der Waals surface area contributed by atoms with Gasteiger partial charge >= 0.3 is 11.9 Å². The number of rotatable bonds is 7. The minimum absolute atomic E-state index is 0.330. The van der Waals surface area contributed by atoms with Gasteiger partial charge in [-0.05, 0) is 33.5 Å². The van der Waals surface area contributed by atoms with Gasteiger partial charge in [-0.25, -0.2) is 9.59 Å². The molecule has 0 amide bonds. The van der Waals surface area contributed by atoms with E-state index in [9.17, 15) is 9.59 Å². The Labute approximate surface area is 89.3 Å². The highest BCUT2D eigenvalue weighted by molar-refractivity contribution is 5.90. The molecule has 0 aliphatic rings. The van der Waals surface area contributed by atoms with Crippen molar-refractivity contribution in [2.45, 2.75) is 12.8 Å². The van der Waals surface area contributed by atoms with Gasteiger partial charge in [-0.2, -0.15) is 0 Å². The zero-order chi connectivity index (χ0) is 11.7. The van der Waals surface area contributed by atoms with Crippen molar-refractivity contribution in [2.75, 3.05) is 27.2 Å². The fourth-order valence-electron chi connectivity index (χ4n) is 0.890. The second-order valence-electron chi connectivity index (χ2n) is 3.35. The lowest BCUT2D eigenvalue weighted by molar-refractivity contribution is -0.138. The number of hydrogen-bond acceptors (Lipinski definition) is 4. The van der Waals surface area contributed by atoms with Gasteiger partial charge in [0.2, 0.25) is 0 Å². The van der Waals surface area contributed by atoms with Crippen LogP contribution in [0.25, 0.3) is 0 Å². The molecule has 0 radical (unpaired) electrons. The molecule has 5 heteroatoms. The van der Waals surface area contributed by atoms with Gasteiger partial charge in [0.25, 0.3) is 0 Å². The van der Waals surface area contributed by atoms with Gasteiger partial charge in [-0.3, -0.25) is 0 Å². The molecule has 86 valence electrons. The van der Waals surface area contributed by atoms with Crippen LogP contribution < -0.4 is 0 Å². The van der Waals surface area contributed by atoms with Crippen molar-refractivity contribution in [3.8, 4) is 0 Å². The van der Waals surface area contributed by atoms with Crippen LogP contribution in [0.1, 0.15) is 12.8 Å². The number of aliphatic carboxylic acids is 1. The van der Waals surface area contributed by atoms with E-state index >= 15 is 0 Å². The molecule has 15 heavy (non-hydrogen) atoms. The van der Waals surface area contributed by atoms with Gasteiger partial charge in [0.1, 0.15) is 0 Å². The highest BCUT2D eigenvalue weighted by Crippen LogP contribution is 1.92. The molecular formula is C10H17NO4. The summed E-state index contributed by atoms with van der Waals surface area (Å²) in [6, 6.07) is 0. The van der Waals surface area contributed by atoms with Crippen molar-refractivity contribution < 1.29 is 19.4 Å². The number of esters is 1. The van der Waals surface area contributed by atoms with Gasteiger partial charge in [-0.1, -0.05) is 0 Å². The number of ether oxygens (including phenoxy) is 1. The zero-order valence-electron chi connectivity index (χ0n) is 9.10. The Hall–Kier alpha value is -1.36. The van der Waals surface area contributed by atoms with Crippen molar-refractivity contribution in [1.29, 1.82) is 0 Å². The van der Waals surface area contributed by atoms with Crippen LogP contribution >= 0.6 is 0 Å². The average Bonchev–Trinajstić information content (AvgIpc) is 2.13. The van der Waals surface area contributed by atoms with Crippen LogP contribution in [0.5, 0.6) is 0 Å². The van der Waals surface area contributed by atoms with E-state index in [0.29, 0.717) is 6.61 Å². The Kier molecular flexibility index (Phi) is 7.27. The molecule has 0 aromatic carbocycles. The van der Waals surface area contributed by atoms with Crippen molar-refractivity contribution in [3.63, 3.8) is 0 Å². The molecule has 0 atom stereocenters. The Morgan fingerprint density at radius 2 is 1.93 bits per heavy atom. The fourth-order valence-corrected chi connectivity index (χ4v) is 0.890. The van der Waals surface area contributed by atoms with Crippen LogP contribution in [0.3, 0.4) is 0 Å². The Morgan fingerprint density at radius 3 is 2.47 bits per heavy atom. The maximum Gasteiger partial charge on any atom is 0.331 e. The lowest BCUT2D eigenvalue weighted by Crippen LogP contribution is -2.13. The quantitative estimate of drug-likeness (QED) is 0.381. The van der Waals surface area contributed by atoms with E-state index in [1.807, 2.05) is 19.0 Å². The molecule has 0 fully saturated rings. The number of carboxylic acids is 1.